The van der Waals surface area contributed by atoms with Crippen molar-refractivity contribution >= 4 is 22.9 Å². The lowest BCUT2D eigenvalue weighted by Crippen LogP contribution is -2.61. The van der Waals surface area contributed by atoms with Crippen LogP contribution in [0.2, 0.25) is 0 Å². The lowest BCUT2D eigenvalue weighted by Gasteiger charge is -2.47. The third kappa shape index (κ3) is 3.19. The van der Waals surface area contributed by atoms with Crippen molar-refractivity contribution in [1.82, 2.24) is 9.88 Å². The Balaban J connectivity index is 1.30. The number of hydrogen-bond donors (Lipinski definition) is 1. The molecule has 2 aliphatic heterocycles. The van der Waals surface area contributed by atoms with Crippen LogP contribution < -0.4 is 5.32 Å². The molecule has 0 saturated carbocycles. The molecule has 4 rings (SSSR count). The van der Waals surface area contributed by atoms with Crippen molar-refractivity contribution in [2.45, 2.75) is 31.1 Å². The molecule has 0 radical (unpaired) electrons. The molecule has 0 aliphatic carbocycles. The monoisotopic (exact) mass is 347 g/mol. The van der Waals surface area contributed by atoms with Gasteiger partial charge in [-0.05, 0) is 31.0 Å². The van der Waals surface area contributed by atoms with E-state index >= 15 is 0 Å². The summed E-state index contributed by atoms with van der Waals surface area (Å²) in [5.74, 6) is -0.565. The van der Waals surface area contributed by atoms with Gasteiger partial charge in [-0.3, -0.25) is 9.69 Å². The van der Waals surface area contributed by atoms with Gasteiger partial charge in [0.05, 0.1) is 12.1 Å². The van der Waals surface area contributed by atoms with Crippen LogP contribution in [0.3, 0.4) is 0 Å². The molecule has 2 fully saturated rings. The Labute approximate surface area is 143 Å². The van der Waals surface area contributed by atoms with Crippen LogP contribution in [0.5, 0.6) is 0 Å². The molecule has 1 aromatic heterocycles. The van der Waals surface area contributed by atoms with Gasteiger partial charge in [-0.1, -0.05) is 6.07 Å². The van der Waals surface area contributed by atoms with Gasteiger partial charge in [-0.15, -0.1) is 11.3 Å². The molecule has 7 heteroatoms. The first-order chi connectivity index (χ1) is 11.6. The Morgan fingerprint density at radius 2 is 2.38 bits per heavy atom. The predicted octanol–water partition coefficient (Wildman–Crippen LogP) is 2.65. The number of halogens is 1. The summed E-state index contributed by atoms with van der Waals surface area (Å²) < 4.78 is 19.2. The molecule has 126 valence electrons. The number of benzene rings is 1. The molecule has 1 atom stereocenters. The molecule has 1 N–H and O–H groups in total. The van der Waals surface area contributed by atoms with Crippen LogP contribution >= 0.6 is 11.3 Å². The minimum atomic E-state index is -0.463. The first kappa shape index (κ1) is 15.7. The number of anilines is 1. The highest BCUT2D eigenvalue weighted by molar-refractivity contribution is 7.09. The van der Waals surface area contributed by atoms with Crippen molar-refractivity contribution in [3.8, 4) is 0 Å². The zero-order valence-electron chi connectivity index (χ0n) is 13.1. The van der Waals surface area contributed by atoms with Crippen molar-refractivity contribution in [2.24, 2.45) is 0 Å². The van der Waals surface area contributed by atoms with Crippen LogP contribution in [0.4, 0.5) is 10.1 Å². The standard InChI is InChI=1S/C17H18FN3O2S/c18-12-2-1-3-13(8-12)20-16(22)14-4-5-17(23-14)10-21(11-17)9-15-19-6-7-24-15/h1-3,6-8,14H,4-5,9-11H2,(H,20,22)/t14-/m0/s1. The first-order valence-corrected chi connectivity index (χ1v) is 8.85. The molecular formula is C17H18FN3O2S. The van der Waals surface area contributed by atoms with Gasteiger partial charge in [-0.25, -0.2) is 9.37 Å². The van der Waals surface area contributed by atoms with Crippen LogP contribution in [-0.2, 0) is 16.1 Å². The van der Waals surface area contributed by atoms with Crippen LogP contribution in [0.1, 0.15) is 17.8 Å². The summed E-state index contributed by atoms with van der Waals surface area (Å²) in [6.07, 6.45) is 2.93. The molecule has 2 aliphatic rings. The third-order valence-electron chi connectivity index (χ3n) is 4.50. The molecule has 1 amide bonds. The molecule has 0 unspecified atom stereocenters. The summed E-state index contributed by atoms with van der Waals surface area (Å²) in [5.41, 5.74) is 0.254. The average molecular weight is 347 g/mol. The van der Waals surface area contributed by atoms with Gasteiger partial charge in [0.2, 0.25) is 0 Å². The van der Waals surface area contributed by atoms with Gasteiger partial charge >= 0.3 is 0 Å². The van der Waals surface area contributed by atoms with E-state index in [4.69, 9.17) is 4.74 Å². The number of ether oxygens (including phenoxy) is 1. The number of thiazole rings is 1. The Kier molecular flexibility index (Phi) is 4.07. The fourth-order valence-electron chi connectivity index (χ4n) is 3.42. The maximum absolute atomic E-state index is 13.2. The van der Waals surface area contributed by atoms with E-state index in [1.807, 2.05) is 11.6 Å². The SMILES string of the molecule is O=C(Nc1cccc(F)c1)[C@@H]1CCC2(CN(Cc3nccs3)C2)O1. The molecule has 2 saturated heterocycles. The highest BCUT2D eigenvalue weighted by Gasteiger charge is 2.50. The fourth-order valence-corrected chi connectivity index (χ4v) is 4.08. The number of likely N-dealkylation sites (tertiary alicyclic amines) is 1. The highest BCUT2D eigenvalue weighted by Crippen LogP contribution is 2.39. The molecule has 1 spiro atoms. The largest absolute Gasteiger partial charge is 0.359 e. The third-order valence-corrected chi connectivity index (χ3v) is 5.27. The molecular weight excluding hydrogens is 329 g/mol. The number of nitrogens with one attached hydrogen (secondary N) is 1. The van der Waals surface area contributed by atoms with Crippen LogP contribution in [-0.4, -0.2) is 40.6 Å². The van der Waals surface area contributed by atoms with Gasteiger partial charge in [0.15, 0.2) is 0 Å². The van der Waals surface area contributed by atoms with Crippen molar-refractivity contribution in [1.29, 1.82) is 0 Å². The second kappa shape index (κ2) is 6.23. The van der Waals surface area contributed by atoms with Crippen LogP contribution in [0.15, 0.2) is 35.8 Å². The summed E-state index contributed by atoms with van der Waals surface area (Å²) in [6.45, 7) is 2.50. The number of hydrogen-bond acceptors (Lipinski definition) is 5. The van der Waals surface area contributed by atoms with Crippen molar-refractivity contribution < 1.29 is 13.9 Å². The Morgan fingerprint density at radius 3 is 3.12 bits per heavy atom. The lowest BCUT2D eigenvalue weighted by atomic mass is 9.91. The zero-order valence-corrected chi connectivity index (χ0v) is 13.9. The van der Waals surface area contributed by atoms with Gasteiger partial charge in [-0.2, -0.15) is 0 Å². The number of carbonyl (C=O) groups is 1. The minimum absolute atomic E-state index is 0.198. The molecule has 3 heterocycles. The van der Waals surface area contributed by atoms with E-state index in [1.54, 1.807) is 23.5 Å². The maximum atomic E-state index is 13.2. The average Bonchev–Trinajstić information content (AvgIpc) is 3.16. The van der Waals surface area contributed by atoms with E-state index in [9.17, 15) is 9.18 Å². The molecule has 0 bridgehead atoms. The fraction of sp³-hybridized carbons (Fsp3) is 0.412. The molecule has 24 heavy (non-hydrogen) atoms. The van der Waals surface area contributed by atoms with Crippen molar-refractivity contribution in [2.75, 3.05) is 18.4 Å². The van der Waals surface area contributed by atoms with E-state index in [1.165, 1.54) is 12.1 Å². The van der Waals surface area contributed by atoms with Crippen molar-refractivity contribution in [3.05, 3.63) is 46.7 Å². The summed E-state index contributed by atoms with van der Waals surface area (Å²) in [5, 5.41) is 5.81. The second-order valence-electron chi connectivity index (χ2n) is 6.40. The van der Waals surface area contributed by atoms with Crippen LogP contribution in [0, 0.1) is 5.82 Å². The smallest absolute Gasteiger partial charge is 0.253 e. The molecule has 1 aromatic carbocycles. The highest BCUT2D eigenvalue weighted by atomic mass is 32.1. The quantitative estimate of drug-likeness (QED) is 0.924. The Bertz CT molecular complexity index is 731. The number of nitrogens with zero attached hydrogens (tertiary/aromatic N) is 2. The van der Waals surface area contributed by atoms with E-state index in [0.717, 1.165) is 31.1 Å². The predicted molar refractivity (Wildman–Crippen MR) is 89.3 cm³/mol. The van der Waals surface area contributed by atoms with Gasteiger partial charge in [0, 0.05) is 30.4 Å². The Hall–Kier alpha value is -1.83. The topological polar surface area (TPSA) is 54.5 Å². The second-order valence-corrected chi connectivity index (χ2v) is 7.38. The summed E-state index contributed by atoms with van der Waals surface area (Å²) in [4.78, 5) is 18.9. The lowest BCUT2D eigenvalue weighted by molar-refractivity contribution is -0.153. The summed E-state index contributed by atoms with van der Waals surface area (Å²) in [6, 6.07) is 5.90. The van der Waals surface area contributed by atoms with Crippen molar-refractivity contribution in [3.63, 3.8) is 0 Å². The summed E-state index contributed by atoms with van der Waals surface area (Å²) in [7, 11) is 0. The van der Waals surface area contributed by atoms with E-state index in [0.29, 0.717) is 12.1 Å². The van der Waals surface area contributed by atoms with E-state index in [2.05, 4.69) is 15.2 Å². The van der Waals surface area contributed by atoms with Gasteiger partial charge in [0.25, 0.3) is 5.91 Å². The Morgan fingerprint density at radius 1 is 1.50 bits per heavy atom. The normalized spacial score (nSPS) is 22.5. The number of carbonyl (C=O) groups excluding carboxylic acids is 1. The number of rotatable bonds is 4. The number of aromatic nitrogens is 1. The number of amides is 1. The first-order valence-electron chi connectivity index (χ1n) is 7.97. The molecule has 2 aromatic rings. The zero-order chi connectivity index (χ0) is 16.6. The van der Waals surface area contributed by atoms with E-state index < -0.39 is 6.10 Å². The minimum Gasteiger partial charge on any atom is -0.359 e. The van der Waals surface area contributed by atoms with Gasteiger partial charge in [0.1, 0.15) is 16.9 Å². The molecule has 5 nitrogen and oxygen atoms in total. The van der Waals surface area contributed by atoms with Gasteiger partial charge < -0.3 is 10.1 Å². The summed E-state index contributed by atoms with van der Waals surface area (Å²) >= 11 is 1.65. The van der Waals surface area contributed by atoms with Crippen LogP contribution in [0.25, 0.3) is 0 Å². The van der Waals surface area contributed by atoms with E-state index in [-0.39, 0.29) is 17.3 Å². The maximum Gasteiger partial charge on any atom is 0.253 e.